The van der Waals surface area contributed by atoms with Gasteiger partial charge in [0, 0.05) is 20.4 Å². The summed E-state index contributed by atoms with van der Waals surface area (Å²) in [7, 11) is 0. The predicted octanol–water partition coefficient (Wildman–Crippen LogP) is 4.53. The van der Waals surface area contributed by atoms with Gasteiger partial charge in [-0.15, -0.1) is 0 Å². The smallest absolute Gasteiger partial charge is 0.336 e. The minimum absolute atomic E-state index is 0.214. The zero-order valence-corrected chi connectivity index (χ0v) is 11.1. The van der Waals surface area contributed by atoms with Gasteiger partial charge >= 0.3 is 5.97 Å². The number of carboxylic acids is 1. The van der Waals surface area contributed by atoms with Gasteiger partial charge < -0.3 is 5.11 Å². The average molecular weight is 318 g/mol. The number of benzene rings is 1. The Morgan fingerprint density at radius 2 is 2.06 bits per heavy atom. The molecule has 0 aliphatic rings. The zero-order valence-electron chi connectivity index (χ0n) is 7.91. The van der Waals surface area contributed by atoms with Crippen molar-refractivity contribution < 1.29 is 9.90 Å². The van der Waals surface area contributed by atoms with E-state index in [1.54, 1.807) is 12.1 Å². The van der Waals surface area contributed by atoms with E-state index < -0.39 is 5.97 Å². The maximum absolute atomic E-state index is 11.1. The van der Waals surface area contributed by atoms with Crippen LogP contribution in [-0.2, 0) is 0 Å². The number of halogens is 2. The van der Waals surface area contributed by atoms with Gasteiger partial charge in [0.1, 0.15) is 0 Å². The van der Waals surface area contributed by atoms with Crippen LogP contribution in [0.2, 0.25) is 5.02 Å². The lowest BCUT2D eigenvalue weighted by atomic mass is 10.0. The van der Waals surface area contributed by atoms with E-state index in [9.17, 15) is 4.79 Å². The van der Waals surface area contributed by atoms with Crippen LogP contribution in [0.25, 0.3) is 11.1 Å². The molecular formula is C11H6BrClO2S. The molecule has 2 nitrogen and oxygen atoms in total. The second-order valence-corrected chi connectivity index (χ2v) is 5.16. The molecule has 1 heterocycles. The standard InChI is InChI=1S/C11H6BrClO2S/c12-10-5-16-4-9(10)7-2-1-6(13)3-8(7)11(14)15/h1-5H,(H,14,15). The predicted molar refractivity (Wildman–Crippen MR) is 69.4 cm³/mol. The molecular weight excluding hydrogens is 312 g/mol. The molecule has 0 atom stereocenters. The fourth-order valence-electron chi connectivity index (χ4n) is 1.40. The fraction of sp³-hybridized carbons (Fsp3) is 0. The number of aromatic carboxylic acids is 1. The van der Waals surface area contributed by atoms with Crippen molar-refractivity contribution in [3.63, 3.8) is 0 Å². The molecule has 82 valence electrons. The summed E-state index contributed by atoms with van der Waals surface area (Å²) in [6, 6.07) is 4.87. The summed E-state index contributed by atoms with van der Waals surface area (Å²) in [4.78, 5) is 11.1. The van der Waals surface area contributed by atoms with Gasteiger partial charge in [0.05, 0.1) is 5.56 Å². The van der Waals surface area contributed by atoms with Crippen LogP contribution in [0, 0.1) is 0 Å². The molecule has 0 amide bonds. The van der Waals surface area contributed by atoms with Crippen LogP contribution in [0.3, 0.4) is 0 Å². The quantitative estimate of drug-likeness (QED) is 0.883. The Morgan fingerprint density at radius 1 is 1.31 bits per heavy atom. The molecule has 16 heavy (non-hydrogen) atoms. The molecule has 0 aliphatic carbocycles. The lowest BCUT2D eigenvalue weighted by molar-refractivity contribution is 0.0697. The van der Waals surface area contributed by atoms with Gasteiger partial charge in [-0.1, -0.05) is 17.7 Å². The van der Waals surface area contributed by atoms with E-state index in [0.717, 1.165) is 10.0 Å². The maximum atomic E-state index is 11.1. The van der Waals surface area contributed by atoms with Crippen LogP contribution in [0.4, 0.5) is 0 Å². The summed E-state index contributed by atoms with van der Waals surface area (Å²) in [5, 5.41) is 13.3. The molecule has 1 N–H and O–H groups in total. The summed E-state index contributed by atoms with van der Waals surface area (Å²) in [5.74, 6) is -0.976. The second kappa shape index (κ2) is 4.57. The summed E-state index contributed by atoms with van der Waals surface area (Å²) in [6.07, 6.45) is 0. The van der Waals surface area contributed by atoms with Crippen molar-refractivity contribution in [2.75, 3.05) is 0 Å². The highest BCUT2D eigenvalue weighted by Gasteiger charge is 2.14. The molecule has 0 fully saturated rings. The molecule has 0 spiro atoms. The van der Waals surface area contributed by atoms with E-state index in [-0.39, 0.29) is 5.56 Å². The molecule has 2 rings (SSSR count). The highest BCUT2D eigenvalue weighted by Crippen LogP contribution is 2.34. The first-order valence-electron chi connectivity index (χ1n) is 4.34. The van der Waals surface area contributed by atoms with Crippen LogP contribution in [0.1, 0.15) is 10.4 Å². The summed E-state index contributed by atoms with van der Waals surface area (Å²) in [6.45, 7) is 0. The Labute approximate surface area is 110 Å². The van der Waals surface area contributed by atoms with Gasteiger partial charge in [-0.05, 0) is 39.0 Å². The van der Waals surface area contributed by atoms with Crippen molar-refractivity contribution in [2.24, 2.45) is 0 Å². The minimum atomic E-state index is -0.976. The highest BCUT2D eigenvalue weighted by molar-refractivity contribution is 9.10. The first kappa shape index (κ1) is 11.6. The molecule has 1 aromatic heterocycles. The van der Waals surface area contributed by atoms with Crippen molar-refractivity contribution in [1.82, 2.24) is 0 Å². The molecule has 0 radical (unpaired) electrons. The normalized spacial score (nSPS) is 10.4. The van der Waals surface area contributed by atoms with E-state index in [0.29, 0.717) is 10.6 Å². The second-order valence-electron chi connectivity index (χ2n) is 3.13. The molecule has 5 heteroatoms. The van der Waals surface area contributed by atoms with Gasteiger partial charge in [-0.25, -0.2) is 4.79 Å². The highest BCUT2D eigenvalue weighted by atomic mass is 79.9. The number of carbonyl (C=O) groups is 1. The SMILES string of the molecule is O=C(O)c1cc(Cl)ccc1-c1cscc1Br. The molecule has 2 aromatic rings. The van der Waals surface area contributed by atoms with Gasteiger partial charge in [0.15, 0.2) is 0 Å². The van der Waals surface area contributed by atoms with Crippen molar-refractivity contribution in [3.8, 4) is 11.1 Å². The number of hydrogen-bond donors (Lipinski definition) is 1. The van der Waals surface area contributed by atoms with Crippen LogP contribution in [-0.4, -0.2) is 11.1 Å². The third-order valence-electron chi connectivity index (χ3n) is 2.12. The summed E-state index contributed by atoms with van der Waals surface area (Å²) < 4.78 is 0.891. The molecule has 0 bridgehead atoms. The zero-order chi connectivity index (χ0) is 11.7. The Morgan fingerprint density at radius 3 is 2.62 bits per heavy atom. The molecule has 1 aromatic carbocycles. The van der Waals surface area contributed by atoms with Gasteiger partial charge in [-0.3, -0.25) is 0 Å². The van der Waals surface area contributed by atoms with E-state index >= 15 is 0 Å². The van der Waals surface area contributed by atoms with Crippen molar-refractivity contribution >= 4 is 44.8 Å². The Kier molecular flexibility index (Phi) is 3.33. The van der Waals surface area contributed by atoms with Crippen LogP contribution in [0.15, 0.2) is 33.4 Å². The van der Waals surface area contributed by atoms with E-state index in [4.69, 9.17) is 16.7 Å². The largest absolute Gasteiger partial charge is 0.478 e. The van der Waals surface area contributed by atoms with Crippen LogP contribution < -0.4 is 0 Å². The van der Waals surface area contributed by atoms with Gasteiger partial charge in [-0.2, -0.15) is 11.3 Å². The molecule has 0 aliphatic heterocycles. The number of carboxylic acid groups (broad SMARTS) is 1. The van der Waals surface area contributed by atoms with Crippen molar-refractivity contribution in [2.45, 2.75) is 0 Å². The van der Waals surface area contributed by atoms with E-state index in [1.807, 2.05) is 10.8 Å². The third-order valence-corrected chi connectivity index (χ3v) is 4.05. The lowest BCUT2D eigenvalue weighted by Crippen LogP contribution is -1.99. The monoisotopic (exact) mass is 316 g/mol. The Hall–Kier alpha value is -0.840. The maximum Gasteiger partial charge on any atom is 0.336 e. The van der Waals surface area contributed by atoms with Crippen molar-refractivity contribution in [3.05, 3.63) is 44.0 Å². The summed E-state index contributed by atoms with van der Waals surface area (Å²) in [5.41, 5.74) is 1.76. The molecule has 0 unspecified atom stereocenters. The Bertz CT molecular complexity index is 551. The number of hydrogen-bond acceptors (Lipinski definition) is 2. The van der Waals surface area contributed by atoms with Crippen LogP contribution >= 0.6 is 38.9 Å². The summed E-state index contributed by atoms with van der Waals surface area (Å²) >= 11 is 10.7. The number of thiophene rings is 1. The van der Waals surface area contributed by atoms with Crippen molar-refractivity contribution in [1.29, 1.82) is 0 Å². The van der Waals surface area contributed by atoms with Gasteiger partial charge in [0.2, 0.25) is 0 Å². The molecule has 0 saturated heterocycles. The molecule has 0 saturated carbocycles. The third kappa shape index (κ3) is 2.14. The fourth-order valence-corrected chi connectivity index (χ4v) is 3.08. The number of rotatable bonds is 2. The lowest BCUT2D eigenvalue weighted by Gasteiger charge is -2.05. The van der Waals surface area contributed by atoms with Gasteiger partial charge in [0.25, 0.3) is 0 Å². The Balaban J connectivity index is 2.65. The first-order chi connectivity index (χ1) is 7.59. The van der Waals surface area contributed by atoms with E-state index in [1.165, 1.54) is 17.4 Å². The first-order valence-corrected chi connectivity index (χ1v) is 6.46. The average Bonchev–Trinajstić information content (AvgIpc) is 2.64. The van der Waals surface area contributed by atoms with E-state index in [2.05, 4.69) is 15.9 Å². The topological polar surface area (TPSA) is 37.3 Å². The van der Waals surface area contributed by atoms with Crippen LogP contribution in [0.5, 0.6) is 0 Å². The minimum Gasteiger partial charge on any atom is -0.478 e.